The molecule has 332 valence electrons. The van der Waals surface area contributed by atoms with Crippen LogP contribution in [0.25, 0.3) is 21.2 Å². The normalized spacial score (nSPS) is 14.9. The van der Waals surface area contributed by atoms with Crippen LogP contribution < -0.4 is 35.0 Å². The first-order chi connectivity index (χ1) is 30.6. The van der Waals surface area contributed by atoms with E-state index in [4.69, 9.17) is 9.47 Å². The van der Waals surface area contributed by atoms with Gasteiger partial charge in [-0.25, -0.2) is 0 Å². The zero-order chi connectivity index (χ0) is 46.1. The summed E-state index contributed by atoms with van der Waals surface area (Å²) in [7, 11) is 0. The Kier molecular flexibility index (Phi) is 10.0. The summed E-state index contributed by atoms with van der Waals surface area (Å²) in [5.41, 5.74) is 20.0. The summed E-state index contributed by atoms with van der Waals surface area (Å²) in [6.07, 6.45) is 0.844. The lowest BCUT2D eigenvalue weighted by Crippen LogP contribution is -2.60. The molecule has 0 saturated heterocycles. The van der Waals surface area contributed by atoms with Gasteiger partial charge in [-0.05, 0) is 128 Å². The van der Waals surface area contributed by atoms with E-state index in [1.165, 1.54) is 93.0 Å². The van der Waals surface area contributed by atoms with Crippen LogP contribution in [0.15, 0.2) is 103 Å². The smallest absolute Gasteiger partial charge is 0.264 e. The van der Waals surface area contributed by atoms with Crippen molar-refractivity contribution in [1.82, 2.24) is 0 Å². The number of nitrogens with zero attached hydrogens (tertiary/aromatic N) is 2. The van der Waals surface area contributed by atoms with Crippen LogP contribution in [0.3, 0.4) is 0 Å². The van der Waals surface area contributed by atoms with Gasteiger partial charge in [0.15, 0.2) is 11.5 Å². The molecule has 0 fully saturated rings. The van der Waals surface area contributed by atoms with Crippen molar-refractivity contribution < 1.29 is 9.47 Å². The molecule has 6 aromatic carbocycles. The van der Waals surface area contributed by atoms with E-state index < -0.39 is 0 Å². The SMILES string of the molecule is Cc1cc(C(C)(C)C)cc(C)c1N1c2cc(C(C)(C)C)cc3c2B(c2cc4c(cc2N3c2ccc(C(C)(C)C)cc2-c2ccccc2)OCCCO4)c2sc3ccc(C(C)(C)C)cc3c21. The second-order valence-corrected chi connectivity index (χ2v) is 24.1. The van der Waals surface area contributed by atoms with E-state index in [-0.39, 0.29) is 28.4 Å². The topological polar surface area (TPSA) is 24.9 Å². The van der Waals surface area contributed by atoms with Crippen LogP contribution >= 0.6 is 11.3 Å². The van der Waals surface area contributed by atoms with E-state index in [0.29, 0.717) is 13.2 Å². The Morgan fingerprint density at radius 2 is 1.06 bits per heavy atom. The summed E-state index contributed by atoms with van der Waals surface area (Å²) < 4.78 is 15.9. The molecule has 0 saturated carbocycles. The summed E-state index contributed by atoms with van der Waals surface area (Å²) >= 11 is 1.96. The van der Waals surface area contributed by atoms with Crippen LogP contribution in [0.4, 0.5) is 34.1 Å². The molecular formula is C59H65BN2O2S. The molecule has 4 nitrogen and oxygen atoms in total. The Balaban J connectivity index is 1.38. The molecule has 0 amide bonds. The summed E-state index contributed by atoms with van der Waals surface area (Å²) in [6.45, 7) is 33.9. The van der Waals surface area contributed by atoms with Crippen LogP contribution in [0.1, 0.15) is 123 Å². The van der Waals surface area contributed by atoms with Gasteiger partial charge in [0.05, 0.1) is 30.3 Å². The molecule has 10 rings (SSSR count). The molecular weight excluding hydrogens is 812 g/mol. The monoisotopic (exact) mass is 876 g/mol. The van der Waals surface area contributed by atoms with Gasteiger partial charge in [-0.2, -0.15) is 0 Å². The third-order valence-corrected chi connectivity index (χ3v) is 15.3. The van der Waals surface area contributed by atoms with E-state index in [2.05, 4.69) is 210 Å². The van der Waals surface area contributed by atoms with Gasteiger partial charge in [-0.1, -0.05) is 138 Å². The Bertz CT molecular complexity index is 3020. The number of ether oxygens (including phenoxy) is 2. The molecule has 0 atom stereocenters. The van der Waals surface area contributed by atoms with Gasteiger partial charge >= 0.3 is 0 Å². The number of aryl methyl sites for hydroxylation is 2. The highest BCUT2D eigenvalue weighted by Gasteiger charge is 2.47. The molecule has 0 unspecified atom stereocenters. The van der Waals surface area contributed by atoms with Gasteiger partial charge in [0.2, 0.25) is 0 Å². The molecule has 3 aliphatic heterocycles. The average molecular weight is 877 g/mol. The summed E-state index contributed by atoms with van der Waals surface area (Å²) in [6, 6.07) is 40.0. The molecule has 7 aromatic rings. The van der Waals surface area contributed by atoms with E-state index >= 15 is 0 Å². The van der Waals surface area contributed by atoms with Crippen molar-refractivity contribution in [2.24, 2.45) is 0 Å². The second kappa shape index (κ2) is 15.0. The minimum Gasteiger partial charge on any atom is -0.490 e. The minimum atomic E-state index is -0.154. The maximum Gasteiger partial charge on any atom is 0.264 e. The predicted molar refractivity (Wildman–Crippen MR) is 281 cm³/mol. The molecule has 0 bridgehead atoms. The van der Waals surface area contributed by atoms with E-state index in [9.17, 15) is 0 Å². The summed E-state index contributed by atoms with van der Waals surface area (Å²) in [4.78, 5) is 5.27. The van der Waals surface area contributed by atoms with E-state index in [1.54, 1.807) is 0 Å². The van der Waals surface area contributed by atoms with Crippen LogP contribution in [-0.4, -0.2) is 19.9 Å². The van der Waals surface area contributed by atoms with Crippen LogP contribution in [0.5, 0.6) is 11.5 Å². The molecule has 1 aromatic heterocycles. The van der Waals surface area contributed by atoms with Gasteiger partial charge in [0.25, 0.3) is 6.71 Å². The number of hydrogen-bond donors (Lipinski definition) is 0. The highest BCUT2D eigenvalue weighted by Crippen LogP contribution is 2.53. The molecule has 0 N–H and O–H groups in total. The Morgan fingerprint density at radius 1 is 0.508 bits per heavy atom. The molecule has 6 heteroatoms. The molecule has 0 radical (unpaired) electrons. The van der Waals surface area contributed by atoms with Crippen LogP contribution in [0.2, 0.25) is 0 Å². The maximum absolute atomic E-state index is 6.60. The largest absolute Gasteiger partial charge is 0.490 e. The predicted octanol–water partition coefficient (Wildman–Crippen LogP) is 14.6. The third-order valence-electron chi connectivity index (χ3n) is 14.0. The second-order valence-electron chi connectivity index (χ2n) is 23.0. The Labute approximate surface area is 392 Å². The molecule has 3 aliphatic rings. The lowest BCUT2D eigenvalue weighted by molar-refractivity contribution is 0.297. The summed E-state index contributed by atoms with van der Waals surface area (Å²) in [5, 5.41) is 1.31. The fourth-order valence-electron chi connectivity index (χ4n) is 10.3. The standard InChI is InChI=1S/C59H65BN2O2S/c1-35-27-40(58(9,10)11)28-36(2)53(35)62-48-32-41(59(12,13)14)31-47-52(48)60(55-54(62)43-30-39(57(6,7)8)22-24-51(43)65-55)44-33-49-50(64-26-18-25-63-49)34-46(44)61(47)45-23-21-38(56(3,4)5)29-42(45)37-19-16-15-17-20-37/h15-17,19-24,27-34H,18,25-26H2,1-14H3. The highest BCUT2D eigenvalue weighted by molar-refractivity contribution is 7.33. The van der Waals surface area contributed by atoms with Crippen LogP contribution in [0, 0.1) is 13.8 Å². The van der Waals surface area contributed by atoms with Crippen molar-refractivity contribution in [2.75, 3.05) is 23.0 Å². The van der Waals surface area contributed by atoms with Crippen LogP contribution in [-0.2, 0) is 21.7 Å². The fourth-order valence-corrected chi connectivity index (χ4v) is 11.6. The molecule has 65 heavy (non-hydrogen) atoms. The zero-order valence-corrected chi connectivity index (χ0v) is 41.9. The first-order valence-electron chi connectivity index (χ1n) is 23.7. The third kappa shape index (κ3) is 7.26. The van der Waals surface area contributed by atoms with Crippen molar-refractivity contribution in [3.8, 4) is 22.6 Å². The number of hydrogen-bond acceptors (Lipinski definition) is 5. The number of rotatable bonds is 3. The van der Waals surface area contributed by atoms with Crippen molar-refractivity contribution in [2.45, 2.75) is 125 Å². The van der Waals surface area contributed by atoms with E-state index in [0.717, 1.165) is 29.3 Å². The highest BCUT2D eigenvalue weighted by atomic mass is 32.1. The first kappa shape index (κ1) is 43.4. The minimum absolute atomic E-state index is 0.0149. The fraction of sp³-hybridized carbons (Fsp3) is 0.356. The average Bonchev–Trinajstić information content (AvgIpc) is 3.45. The number of thiophene rings is 1. The summed E-state index contributed by atoms with van der Waals surface area (Å²) in [5.74, 6) is 1.64. The quantitative estimate of drug-likeness (QED) is 0.165. The van der Waals surface area contributed by atoms with Gasteiger partial charge in [-0.3, -0.25) is 0 Å². The molecule has 0 aliphatic carbocycles. The molecule has 4 heterocycles. The van der Waals surface area contributed by atoms with Gasteiger partial charge in [0, 0.05) is 50.0 Å². The maximum atomic E-state index is 6.60. The van der Waals surface area contributed by atoms with E-state index in [1.807, 2.05) is 11.3 Å². The lowest BCUT2D eigenvalue weighted by Gasteiger charge is -2.45. The molecule has 0 spiro atoms. The Hall–Kier alpha value is -5.46. The van der Waals surface area contributed by atoms with Crippen molar-refractivity contribution in [3.05, 3.63) is 137 Å². The van der Waals surface area contributed by atoms with Crippen molar-refractivity contribution in [1.29, 1.82) is 0 Å². The van der Waals surface area contributed by atoms with Gasteiger partial charge in [0.1, 0.15) is 0 Å². The van der Waals surface area contributed by atoms with Gasteiger partial charge < -0.3 is 19.3 Å². The van der Waals surface area contributed by atoms with Gasteiger partial charge in [-0.15, -0.1) is 11.3 Å². The number of benzene rings is 6. The zero-order valence-electron chi connectivity index (χ0n) is 41.1. The number of anilines is 6. The first-order valence-corrected chi connectivity index (χ1v) is 24.5. The number of fused-ring (bicyclic) bond motifs is 7. The lowest BCUT2D eigenvalue weighted by atomic mass is 9.36. The van der Waals surface area contributed by atoms with Crippen molar-refractivity contribution >= 4 is 78.0 Å². The van der Waals surface area contributed by atoms with Crippen molar-refractivity contribution in [3.63, 3.8) is 0 Å². The Morgan fingerprint density at radius 3 is 1.68 bits per heavy atom.